The van der Waals surface area contributed by atoms with Gasteiger partial charge in [-0.1, -0.05) is 282 Å². The van der Waals surface area contributed by atoms with E-state index in [1.54, 1.807) is 0 Å². The number of aliphatic imine (C=N–C) groups is 2. The molecule has 360 valence electrons. The van der Waals surface area contributed by atoms with E-state index in [2.05, 4.69) is 93.3 Å². The summed E-state index contributed by atoms with van der Waals surface area (Å²) in [6.45, 7) is 6.84. The van der Waals surface area contributed by atoms with Crippen molar-refractivity contribution in [2.75, 3.05) is 0 Å². The van der Waals surface area contributed by atoms with Crippen molar-refractivity contribution in [3.8, 4) is 11.8 Å². The Morgan fingerprint density at radius 1 is 0.438 bits per heavy atom. The quantitative estimate of drug-likeness (QED) is 0.0360. The summed E-state index contributed by atoms with van der Waals surface area (Å²) in [5, 5.41) is 0. The summed E-state index contributed by atoms with van der Waals surface area (Å²) in [7, 11) is 0. The van der Waals surface area contributed by atoms with E-state index < -0.39 is 0 Å². The van der Waals surface area contributed by atoms with Gasteiger partial charge in [-0.3, -0.25) is 9.98 Å². The van der Waals surface area contributed by atoms with Gasteiger partial charge in [0.15, 0.2) is 0 Å². The van der Waals surface area contributed by atoms with Crippen molar-refractivity contribution in [2.24, 2.45) is 9.98 Å². The van der Waals surface area contributed by atoms with Gasteiger partial charge in [-0.15, -0.1) is 0 Å². The minimum atomic E-state index is 0.933. The summed E-state index contributed by atoms with van der Waals surface area (Å²) in [5.41, 5.74) is 5.30. The zero-order valence-corrected chi connectivity index (χ0v) is 42.7. The molecule has 0 unspecified atom stereocenters. The number of allylic oxidation sites excluding steroid dienone is 1. The van der Waals surface area contributed by atoms with Crippen molar-refractivity contribution in [1.29, 1.82) is 0 Å². The van der Waals surface area contributed by atoms with Crippen LogP contribution in [-0.2, 0) is 0 Å². The van der Waals surface area contributed by atoms with Crippen molar-refractivity contribution >= 4 is 29.4 Å². The molecule has 64 heavy (non-hydrogen) atoms. The molecule has 2 aromatic carbocycles. The third-order valence-electron chi connectivity index (χ3n) is 13.1. The summed E-state index contributed by atoms with van der Waals surface area (Å²) in [6.07, 6.45) is 63.1. The van der Waals surface area contributed by atoms with Gasteiger partial charge in [-0.05, 0) is 74.1 Å². The van der Waals surface area contributed by atoms with Crippen LogP contribution in [0.25, 0.3) is 6.08 Å². The Morgan fingerprint density at radius 2 is 0.859 bits per heavy atom. The van der Waals surface area contributed by atoms with Gasteiger partial charge in [0.1, 0.15) is 0 Å². The maximum absolute atomic E-state index is 5.05. The first kappa shape index (κ1) is 57.2. The molecular formula is C62H102N2. The van der Waals surface area contributed by atoms with Crippen LogP contribution < -0.4 is 0 Å². The molecule has 0 spiro atoms. The minimum Gasteiger partial charge on any atom is -0.255 e. The standard InChI is InChI=1S/C62H102N2/c1-4-7-10-12-14-16-18-20-22-23-24-25-26-27-28-29-30-31-32-33-35-37-39-41-43-45-48-59-49-46-51-61(56-59)64-62(50-9-6-3)57-63-60-54-52-58(53-55-60)47-44-42-40-38-36-34-21-19-17-15-13-11-8-5-2/h45-46,48-49,51-57H,4-43,50H2,1-3H3. The molecule has 0 amide bonds. The van der Waals surface area contributed by atoms with Crippen LogP contribution in [0.1, 0.15) is 295 Å². The van der Waals surface area contributed by atoms with Gasteiger partial charge in [-0.2, -0.15) is 0 Å². The topological polar surface area (TPSA) is 24.7 Å². The van der Waals surface area contributed by atoms with Crippen LogP contribution in [0.3, 0.4) is 0 Å². The maximum atomic E-state index is 5.05. The fourth-order valence-electron chi connectivity index (χ4n) is 8.81. The van der Waals surface area contributed by atoms with Crippen LogP contribution in [0.15, 0.2) is 64.6 Å². The fraction of sp³-hybridized carbons (Fsp3) is 0.710. The highest BCUT2D eigenvalue weighted by Gasteiger charge is 2.01. The van der Waals surface area contributed by atoms with Crippen LogP contribution in [0.4, 0.5) is 11.4 Å². The van der Waals surface area contributed by atoms with E-state index in [4.69, 9.17) is 9.98 Å². The van der Waals surface area contributed by atoms with Crippen molar-refractivity contribution in [2.45, 2.75) is 284 Å². The Labute approximate surface area is 399 Å². The number of unbranched alkanes of at least 4 members (excludes halogenated alkanes) is 37. The Hall–Kier alpha value is -2.92. The predicted octanol–water partition coefficient (Wildman–Crippen LogP) is 21.6. The second-order valence-electron chi connectivity index (χ2n) is 19.4. The highest BCUT2D eigenvalue weighted by atomic mass is 14.8. The van der Waals surface area contributed by atoms with E-state index in [-0.39, 0.29) is 0 Å². The molecule has 2 nitrogen and oxygen atoms in total. The summed E-state index contributed by atoms with van der Waals surface area (Å²) < 4.78 is 0. The molecular weight excluding hydrogens is 773 g/mol. The molecule has 0 saturated carbocycles. The lowest BCUT2D eigenvalue weighted by atomic mass is 10.0. The average molecular weight is 876 g/mol. The van der Waals surface area contributed by atoms with Gasteiger partial charge in [0, 0.05) is 18.2 Å². The Kier molecular flexibility index (Phi) is 40.4. The maximum Gasteiger partial charge on any atom is 0.0639 e. The molecule has 0 fully saturated rings. The van der Waals surface area contributed by atoms with E-state index in [0.29, 0.717) is 0 Å². The predicted molar refractivity (Wildman–Crippen MR) is 290 cm³/mol. The number of rotatable bonds is 44. The highest BCUT2D eigenvalue weighted by molar-refractivity contribution is 6.31. The second kappa shape index (κ2) is 45.2. The molecule has 0 bridgehead atoms. The van der Waals surface area contributed by atoms with Crippen LogP contribution in [0, 0.1) is 11.8 Å². The van der Waals surface area contributed by atoms with Crippen molar-refractivity contribution < 1.29 is 0 Å². The Morgan fingerprint density at radius 3 is 1.31 bits per heavy atom. The second-order valence-corrected chi connectivity index (χ2v) is 19.4. The molecule has 0 heterocycles. The van der Waals surface area contributed by atoms with Crippen molar-refractivity contribution in [3.05, 3.63) is 65.7 Å². The van der Waals surface area contributed by atoms with Gasteiger partial charge < -0.3 is 0 Å². The van der Waals surface area contributed by atoms with Crippen molar-refractivity contribution in [3.63, 3.8) is 0 Å². The van der Waals surface area contributed by atoms with Gasteiger partial charge in [-0.25, -0.2) is 0 Å². The lowest BCUT2D eigenvalue weighted by Crippen LogP contribution is -1.99. The smallest absolute Gasteiger partial charge is 0.0639 e. The summed E-state index contributed by atoms with van der Waals surface area (Å²) >= 11 is 0. The molecule has 2 heteroatoms. The SMILES string of the molecule is CCCCCCCCCCCCCCC#Cc1ccc(N=CC(CCCC)=Nc2cccc(C=CCCCCCCCCCCCCCCCCCCCCCCCCCC)c2)cc1. The molecule has 0 aromatic heterocycles. The fourth-order valence-corrected chi connectivity index (χ4v) is 8.81. The van der Waals surface area contributed by atoms with Crippen LogP contribution in [0.2, 0.25) is 0 Å². The first-order chi connectivity index (χ1) is 31.7. The number of hydrogen-bond acceptors (Lipinski definition) is 2. The molecule has 2 aromatic rings. The van der Waals surface area contributed by atoms with Gasteiger partial charge in [0.05, 0.1) is 17.1 Å². The average Bonchev–Trinajstić information content (AvgIpc) is 3.31. The molecule has 0 aliphatic heterocycles. The molecule has 0 saturated heterocycles. The summed E-state index contributed by atoms with van der Waals surface area (Å²) in [6, 6.07) is 17.0. The van der Waals surface area contributed by atoms with E-state index >= 15 is 0 Å². The van der Waals surface area contributed by atoms with E-state index in [1.807, 2.05) is 6.21 Å². The van der Waals surface area contributed by atoms with Crippen LogP contribution in [0.5, 0.6) is 0 Å². The van der Waals surface area contributed by atoms with Gasteiger partial charge in [0.2, 0.25) is 0 Å². The molecule has 2 rings (SSSR count). The molecule has 0 aliphatic carbocycles. The third-order valence-corrected chi connectivity index (χ3v) is 13.1. The summed E-state index contributed by atoms with van der Waals surface area (Å²) in [5.74, 6) is 6.76. The Balaban J connectivity index is 1.52. The largest absolute Gasteiger partial charge is 0.255 e. The van der Waals surface area contributed by atoms with Gasteiger partial charge >= 0.3 is 0 Å². The number of nitrogens with zero attached hydrogens (tertiary/aromatic N) is 2. The number of hydrogen-bond donors (Lipinski definition) is 0. The monoisotopic (exact) mass is 875 g/mol. The third kappa shape index (κ3) is 36.3. The normalized spacial score (nSPS) is 11.9. The number of benzene rings is 2. The summed E-state index contributed by atoms with van der Waals surface area (Å²) in [4.78, 5) is 9.86. The molecule has 0 radical (unpaired) electrons. The lowest BCUT2D eigenvalue weighted by molar-refractivity contribution is 0.517. The zero-order valence-electron chi connectivity index (χ0n) is 42.7. The minimum absolute atomic E-state index is 0.933. The van der Waals surface area contributed by atoms with E-state index in [0.717, 1.165) is 54.8 Å². The molecule has 0 N–H and O–H groups in total. The van der Waals surface area contributed by atoms with E-state index in [1.165, 1.54) is 237 Å². The van der Waals surface area contributed by atoms with E-state index in [9.17, 15) is 0 Å². The Bertz CT molecular complexity index is 1450. The first-order valence-electron chi connectivity index (χ1n) is 28.2. The molecule has 0 aliphatic rings. The van der Waals surface area contributed by atoms with Gasteiger partial charge in [0.25, 0.3) is 0 Å². The molecule has 0 atom stereocenters. The zero-order chi connectivity index (χ0) is 45.5. The lowest BCUT2D eigenvalue weighted by Gasteiger charge is -2.04. The van der Waals surface area contributed by atoms with Crippen LogP contribution in [-0.4, -0.2) is 11.9 Å². The first-order valence-corrected chi connectivity index (χ1v) is 28.2. The van der Waals surface area contributed by atoms with Crippen LogP contribution >= 0.6 is 0 Å². The van der Waals surface area contributed by atoms with Crippen molar-refractivity contribution in [1.82, 2.24) is 0 Å². The highest BCUT2D eigenvalue weighted by Crippen LogP contribution is 2.20.